The van der Waals surface area contributed by atoms with Crippen molar-refractivity contribution < 1.29 is 14.3 Å². The zero-order chi connectivity index (χ0) is 13.1. The number of carbonyl (C=O) groups is 2. The van der Waals surface area contributed by atoms with E-state index in [1.807, 2.05) is 0 Å². The van der Waals surface area contributed by atoms with Crippen molar-refractivity contribution in [1.29, 1.82) is 0 Å². The van der Waals surface area contributed by atoms with Crippen molar-refractivity contribution in [3.8, 4) is 0 Å². The van der Waals surface area contributed by atoms with Crippen LogP contribution in [0.15, 0.2) is 11.8 Å². The van der Waals surface area contributed by atoms with Crippen LogP contribution in [0.25, 0.3) is 0 Å². The Morgan fingerprint density at radius 3 is 3.11 bits per heavy atom. The zero-order valence-corrected chi connectivity index (χ0v) is 10.9. The van der Waals surface area contributed by atoms with Gasteiger partial charge >= 0.3 is 5.97 Å². The van der Waals surface area contributed by atoms with E-state index in [1.54, 1.807) is 11.9 Å². The molecular formula is C13H20N2O3. The van der Waals surface area contributed by atoms with Crippen LogP contribution in [0.2, 0.25) is 0 Å². The summed E-state index contributed by atoms with van der Waals surface area (Å²) in [5, 5.41) is 3.23. The molecule has 1 fully saturated rings. The van der Waals surface area contributed by atoms with E-state index in [0.29, 0.717) is 5.92 Å². The molecule has 0 aromatic heterocycles. The van der Waals surface area contributed by atoms with E-state index >= 15 is 0 Å². The van der Waals surface area contributed by atoms with Crippen molar-refractivity contribution in [3.63, 3.8) is 0 Å². The molecule has 0 aromatic carbocycles. The first-order valence-corrected chi connectivity index (χ1v) is 6.40. The minimum atomic E-state index is -0.489. The summed E-state index contributed by atoms with van der Waals surface area (Å²) in [6, 6.07) is -0.489. The number of likely N-dealkylation sites (N-methyl/N-ethyl adjacent to an activating group) is 1. The Balaban J connectivity index is 2.15. The van der Waals surface area contributed by atoms with E-state index in [1.165, 1.54) is 13.5 Å². The standard InChI is InChI=1S/C13H20N2O3/c1-15-8-9-5-3-4-6-10(9)14-11(13(15)17)7-12(16)18-2/h6,9,11,14H,3-5,7-8H2,1-2H3. The van der Waals surface area contributed by atoms with Crippen molar-refractivity contribution in [3.05, 3.63) is 11.8 Å². The van der Waals surface area contributed by atoms with Crippen LogP contribution in [0, 0.1) is 5.92 Å². The predicted octanol–water partition coefficient (Wildman–Crippen LogP) is 0.664. The minimum Gasteiger partial charge on any atom is -0.469 e. The molecule has 0 bridgehead atoms. The number of hydrogen-bond acceptors (Lipinski definition) is 4. The lowest BCUT2D eigenvalue weighted by Gasteiger charge is -2.24. The van der Waals surface area contributed by atoms with Gasteiger partial charge in [0, 0.05) is 25.2 Å². The van der Waals surface area contributed by atoms with Crippen LogP contribution >= 0.6 is 0 Å². The molecule has 2 rings (SSSR count). The van der Waals surface area contributed by atoms with Gasteiger partial charge in [0.05, 0.1) is 13.5 Å². The number of amides is 1. The number of fused-ring (bicyclic) bond motifs is 1. The Hall–Kier alpha value is -1.52. The molecule has 0 saturated carbocycles. The summed E-state index contributed by atoms with van der Waals surface area (Å²) >= 11 is 0. The highest BCUT2D eigenvalue weighted by Crippen LogP contribution is 2.26. The quantitative estimate of drug-likeness (QED) is 0.734. The van der Waals surface area contributed by atoms with Crippen LogP contribution in [0.4, 0.5) is 0 Å². The molecule has 100 valence electrons. The van der Waals surface area contributed by atoms with Crippen LogP contribution in [0.1, 0.15) is 25.7 Å². The molecule has 0 radical (unpaired) electrons. The van der Waals surface area contributed by atoms with E-state index in [0.717, 1.165) is 25.1 Å². The van der Waals surface area contributed by atoms with Crippen LogP contribution < -0.4 is 5.32 Å². The summed E-state index contributed by atoms with van der Waals surface area (Å²) in [6.07, 6.45) is 5.55. The third-order valence-corrected chi connectivity index (χ3v) is 3.67. The van der Waals surface area contributed by atoms with Gasteiger partial charge < -0.3 is 15.0 Å². The molecule has 1 amide bonds. The summed E-state index contributed by atoms with van der Waals surface area (Å²) < 4.78 is 4.64. The van der Waals surface area contributed by atoms with Gasteiger partial charge in [-0.25, -0.2) is 0 Å². The highest BCUT2D eigenvalue weighted by Gasteiger charge is 2.33. The lowest BCUT2D eigenvalue weighted by molar-refractivity contribution is -0.144. The van der Waals surface area contributed by atoms with Gasteiger partial charge in [-0.2, -0.15) is 0 Å². The normalized spacial score (nSPS) is 27.8. The van der Waals surface area contributed by atoms with E-state index in [9.17, 15) is 9.59 Å². The summed E-state index contributed by atoms with van der Waals surface area (Å²) in [6.45, 7) is 0.731. The molecule has 5 nitrogen and oxygen atoms in total. The number of methoxy groups -OCH3 is 1. The van der Waals surface area contributed by atoms with Crippen LogP contribution in [-0.2, 0) is 14.3 Å². The second-order valence-electron chi connectivity index (χ2n) is 4.98. The summed E-state index contributed by atoms with van der Waals surface area (Å²) in [5.41, 5.74) is 1.12. The number of carbonyl (C=O) groups excluding carboxylic acids is 2. The molecule has 1 aliphatic carbocycles. The van der Waals surface area contributed by atoms with E-state index in [-0.39, 0.29) is 18.3 Å². The fourth-order valence-corrected chi connectivity index (χ4v) is 2.65. The summed E-state index contributed by atoms with van der Waals surface area (Å²) in [5.74, 6) is -0.00448. The van der Waals surface area contributed by atoms with Gasteiger partial charge in [-0.15, -0.1) is 0 Å². The largest absolute Gasteiger partial charge is 0.469 e. The fraction of sp³-hybridized carbons (Fsp3) is 0.692. The average molecular weight is 252 g/mol. The number of esters is 1. The number of rotatable bonds is 2. The van der Waals surface area contributed by atoms with Crippen molar-refractivity contribution in [1.82, 2.24) is 10.2 Å². The lowest BCUT2D eigenvalue weighted by Crippen LogP contribution is -2.43. The van der Waals surface area contributed by atoms with E-state index in [2.05, 4.69) is 16.1 Å². The molecule has 2 unspecified atom stereocenters. The molecular weight excluding hydrogens is 232 g/mol. The molecule has 1 N–H and O–H groups in total. The molecule has 5 heteroatoms. The number of nitrogens with one attached hydrogen (secondary N) is 1. The summed E-state index contributed by atoms with van der Waals surface area (Å²) in [4.78, 5) is 25.2. The number of allylic oxidation sites excluding steroid dienone is 1. The molecule has 18 heavy (non-hydrogen) atoms. The van der Waals surface area contributed by atoms with Gasteiger partial charge in [0.1, 0.15) is 6.04 Å². The van der Waals surface area contributed by atoms with Gasteiger partial charge in [0.2, 0.25) is 5.91 Å². The number of hydrogen-bond donors (Lipinski definition) is 1. The van der Waals surface area contributed by atoms with Gasteiger partial charge in [0.15, 0.2) is 0 Å². The first-order chi connectivity index (χ1) is 8.61. The molecule has 1 saturated heterocycles. The second kappa shape index (κ2) is 5.42. The maximum atomic E-state index is 12.2. The molecule has 0 aromatic rings. The monoisotopic (exact) mass is 252 g/mol. The van der Waals surface area contributed by atoms with E-state index in [4.69, 9.17) is 0 Å². The smallest absolute Gasteiger partial charge is 0.308 e. The average Bonchev–Trinajstić information content (AvgIpc) is 2.49. The SMILES string of the molecule is COC(=O)CC1NC2=CCCCC2CN(C)C1=O. The zero-order valence-electron chi connectivity index (χ0n) is 10.9. The predicted molar refractivity (Wildman–Crippen MR) is 66.6 cm³/mol. The second-order valence-corrected chi connectivity index (χ2v) is 4.98. The van der Waals surface area contributed by atoms with Crippen LogP contribution in [0.3, 0.4) is 0 Å². The van der Waals surface area contributed by atoms with Crippen molar-refractivity contribution in [2.75, 3.05) is 20.7 Å². The number of ether oxygens (including phenoxy) is 1. The van der Waals surface area contributed by atoms with Gasteiger partial charge in [-0.1, -0.05) is 6.08 Å². The van der Waals surface area contributed by atoms with Crippen LogP contribution in [-0.4, -0.2) is 43.5 Å². The molecule has 1 aliphatic heterocycles. The molecule has 1 heterocycles. The summed E-state index contributed by atoms with van der Waals surface area (Å²) in [7, 11) is 3.14. The molecule has 0 spiro atoms. The maximum Gasteiger partial charge on any atom is 0.308 e. The first-order valence-electron chi connectivity index (χ1n) is 6.40. The lowest BCUT2D eigenvalue weighted by atomic mass is 9.92. The highest BCUT2D eigenvalue weighted by atomic mass is 16.5. The Morgan fingerprint density at radius 2 is 2.39 bits per heavy atom. The van der Waals surface area contributed by atoms with Crippen molar-refractivity contribution >= 4 is 11.9 Å². The van der Waals surface area contributed by atoms with Crippen molar-refractivity contribution in [2.24, 2.45) is 5.92 Å². The number of nitrogens with zero attached hydrogens (tertiary/aromatic N) is 1. The maximum absolute atomic E-state index is 12.2. The van der Waals surface area contributed by atoms with Crippen LogP contribution in [0.5, 0.6) is 0 Å². The van der Waals surface area contributed by atoms with Gasteiger partial charge in [-0.3, -0.25) is 9.59 Å². The highest BCUT2D eigenvalue weighted by molar-refractivity contribution is 5.87. The van der Waals surface area contributed by atoms with Crippen molar-refractivity contribution in [2.45, 2.75) is 31.7 Å². The Morgan fingerprint density at radius 1 is 1.61 bits per heavy atom. The minimum absolute atomic E-state index is 0.0318. The Labute approximate surface area is 107 Å². The van der Waals surface area contributed by atoms with Gasteiger partial charge in [-0.05, 0) is 19.3 Å². The Bertz CT molecular complexity index is 378. The fourth-order valence-electron chi connectivity index (χ4n) is 2.65. The van der Waals surface area contributed by atoms with Gasteiger partial charge in [0.25, 0.3) is 0 Å². The molecule has 2 aliphatic rings. The third kappa shape index (κ3) is 2.66. The first kappa shape index (κ1) is 12.9. The molecule has 2 atom stereocenters. The third-order valence-electron chi connectivity index (χ3n) is 3.67. The van der Waals surface area contributed by atoms with E-state index < -0.39 is 6.04 Å². The Kier molecular flexibility index (Phi) is 3.89. The topological polar surface area (TPSA) is 58.6 Å².